The van der Waals surface area contributed by atoms with Crippen LogP contribution in [0.4, 0.5) is 5.69 Å². The Hall–Kier alpha value is -2.80. The number of hydrogen-bond donors (Lipinski definition) is 0. The Morgan fingerprint density at radius 1 is 1.04 bits per heavy atom. The Kier molecular flexibility index (Phi) is 5.69. The summed E-state index contributed by atoms with van der Waals surface area (Å²) in [4.78, 5) is 14.8. The van der Waals surface area contributed by atoms with Gasteiger partial charge in [0.25, 0.3) is 5.91 Å². The molecule has 0 atom stereocenters. The predicted octanol–water partition coefficient (Wildman–Crippen LogP) is 4.30. The Labute approximate surface area is 148 Å². The number of benzene rings is 2. The molecule has 1 amide bonds. The van der Waals surface area contributed by atoms with E-state index in [0.717, 1.165) is 31.4 Å². The average molecular weight is 334 g/mol. The topological polar surface area (TPSA) is 53.3 Å². The number of rotatable bonds is 5. The van der Waals surface area contributed by atoms with Crippen LogP contribution in [0.1, 0.15) is 37.7 Å². The van der Waals surface area contributed by atoms with Gasteiger partial charge < -0.3 is 9.64 Å². The standard InChI is InChI=1S/C21H22N2O2/c22-15-17-9-7-8-14-20(17)25-16-21(24)23(18-10-3-1-4-11-18)19-12-5-2-6-13-19/h1,3-4,7-11,14,19H,2,5-6,12-13,16H2. The lowest BCUT2D eigenvalue weighted by atomic mass is 9.93. The third-order valence-corrected chi connectivity index (χ3v) is 4.60. The molecule has 0 heterocycles. The van der Waals surface area contributed by atoms with Gasteiger partial charge in [-0.1, -0.05) is 49.6 Å². The summed E-state index contributed by atoms with van der Waals surface area (Å²) in [6, 6.07) is 19.1. The lowest BCUT2D eigenvalue weighted by Crippen LogP contribution is -2.44. The third kappa shape index (κ3) is 4.19. The maximum atomic E-state index is 12.9. The van der Waals surface area contributed by atoms with Crippen LogP contribution < -0.4 is 9.64 Å². The lowest BCUT2D eigenvalue weighted by Gasteiger charge is -2.34. The van der Waals surface area contributed by atoms with Gasteiger partial charge in [-0.25, -0.2) is 0 Å². The van der Waals surface area contributed by atoms with Crippen molar-refractivity contribution in [2.75, 3.05) is 11.5 Å². The van der Waals surface area contributed by atoms with Crippen LogP contribution in [0.15, 0.2) is 54.6 Å². The average Bonchev–Trinajstić information content (AvgIpc) is 2.68. The molecule has 4 nitrogen and oxygen atoms in total. The number of para-hydroxylation sites is 2. The highest BCUT2D eigenvalue weighted by Gasteiger charge is 2.27. The molecule has 1 fully saturated rings. The molecule has 0 unspecified atom stereocenters. The van der Waals surface area contributed by atoms with Crippen LogP contribution in [0.3, 0.4) is 0 Å². The molecule has 0 N–H and O–H groups in total. The van der Waals surface area contributed by atoms with Crippen molar-refractivity contribution in [2.45, 2.75) is 38.1 Å². The summed E-state index contributed by atoms with van der Waals surface area (Å²) < 4.78 is 5.67. The van der Waals surface area contributed by atoms with E-state index in [-0.39, 0.29) is 18.6 Å². The molecule has 1 aliphatic rings. The molecule has 128 valence electrons. The highest BCUT2D eigenvalue weighted by Crippen LogP contribution is 2.27. The molecule has 25 heavy (non-hydrogen) atoms. The van der Waals surface area contributed by atoms with Crippen molar-refractivity contribution in [3.8, 4) is 11.8 Å². The SMILES string of the molecule is N#Cc1ccccc1OCC(=O)N(c1ccccc1)C1CCCCC1. The van der Waals surface area contributed by atoms with Crippen LogP contribution in [0, 0.1) is 11.3 Å². The molecular formula is C21H22N2O2. The van der Waals surface area contributed by atoms with E-state index in [4.69, 9.17) is 10.00 Å². The highest BCUT2D eigenvalue weighted by atomic mass is 16.5. The van der Waals surface area contributed by atoms with Crippen molar-refractivity contribution in [2.24, 2.45) is 0 Å². The van der Waals surface area contributed by atoms with E-state index >= 15 is 0 Å². The summed E-state index contributed by atoms with van der Waals surface area (Å²) in [5.74, 6) is 0.390. The zero-order chi connectivity index (χ0) is 17.5. The Morgan fingerprint density at radius 3 is 2.44 bits per heavy atom. The number of hydrogen-bond acceptors (Lipinski definition) is 3. The van der Waals surface area contributed by atoms with Crippen molar-refractivity contribution >= 4 is 11.6 Å². The number of ether oxygens (including phenoxy) is 1. The van der Waals surface area contributed by atoms with Gasteiger partial charge in [0, 0.05) is 11.7 Å². The third-order valence-electron chi connectivity index (χ3n) is 4.60. The van der Waals surface area contributed by atoms with E-state index in [9.17, 15) is 4.79 Å². The van der Waals surface area contributed by atoms with Gasteiger partial charge in [0.15, 0.2) is 6.61 Å². The van der Waals surface area contributed by atoms with Gasteiger partial charge in [-0.05, 0) is 37.1 Å². The largest absolute Gasteiger partial charge is 0.482 e. The maximum Gasteiger partial charge on any atom is 0.265 e. The number of nitrogens with zero attached hydrogens (tertiary/aromatic N) is 2. The quantitative estimate of drug-likeness (QED) is 0.819. The molecule has 2 aromatic carbocycles. The molecule has 1 aliphatic carbocycles. The fraction of sp³-hybridized carbons (Fsp3) is 0.333. The predicted molar refractivity (Wildman–Crippen MR) is 97.5 cm³/mol. The van der Waals surface area contributed by atoms with Crippen LogP contribution in [0.2, 0.25) is 0 Å². The van der Waals surface area contributed by atoms with Gasteiger partial charge in [-0.2, -0.15) is 5.26 Å². The van der Waals surface area contributed by atoms with Crippen molar-refractivity contribution in [3.63, 3.8) is 0 Å². The first-order valence-corrected chi connectivity index (χ1v) is 8.78. The van der Waals surface area contributed by atoms with Gasteiger partial charge in [0.2, 0.25) is 0 Å². The molecule has 0 aromatic heterocycles. The van der Waals surface area contributed by atoms with Gasteiger partial charge in [0.1, 0.15) is 11.8 Å². The molecule has 2 aromatic rings. The van der Waals surface area contributed by atoms with Crippen LogP contribution in [-0.2, 0) is 4.79 Å². The molecule has 4 heteroatoms. The Bertz CT molecular complexity index is 746. The van der Waals surface area contributed by atoms with Crippen molar-refractivity contribution < 1.29 is 9.53 Å². The summed E-state index contributed by atoms with van der Waals surface area (Å²) in [6.07, 6.45) is 5.59. The second kappa shape index (κ2) is 8.34. The molecular weight excluding hydrogens is 312 g/mol. The van der Waals surface area contributed by atoms with E-state index in [1.807, 2.05) is 35.2 Å². The summed E-state index contributed by atoms with van der Waals surface area (Å²) in [5, 5.41) is 9.15. The fourth-order valence-electron chi connectivity index (χ4n) is 3.38. The van der Waals surface area contributed by atoms with Crippen LogP contribution in [0.25, 0.3) is 0 Å². The molecule has 3 rings (SSSR count). The Morgan fingerprint density at radius 2 is 1.72 bits per heavy atom. The van der Waals surface area contributed by atoms with E-state index in [2.05, 4.69) is 6.07 Å². The smallest absolute Gasteiger partial charge is 0.265 e. The number of carbonyl (C=O) groups excluding carboxylic acids is 1. The van der Waals surface area contributed by atoms with Gasteiger partial charge in [0.05, 0.1) is 5.56 Å². The van der Waals surface area contributed by atoms with Gasteiger partial charge >= 0.3 is 0 Å². The number of nitriles is 1. The highest BCUT2D eigenvalue weighted by molar-refractivity contribution is 5.95. The maximum absolute atomic E-state index is 12.9. The number of carbonyl (C=O) groups is 1. The first-order valence-electron chi connectivity index (χ1n) is 8.78. The van der Waals surface area contributed by atoms with Crippen LogP contribution in [0.5, 0.6) is 5.75 Å². The van der Waals surface area contributed by atoms with E-state index in [0.29, 0.717) is 11.3 Å². The normalized spacial score (nSPS) is 14.5. The zero-order valence-corrected chi connectivity index (χ0v) is 14.2. The second-order valence-corrected chi connectivity index (χ2v) is 6.29. The summed E-state index contributed by atoms with van der Waals surface area (Å²) >= 11 is 0. The first kappa shape index (κ1) is 17.0. The number of anilines is 1. The zero-order valence-electron chi connectivity index (χ0n) is 14.2. The van der Waals surface area contributed by atoms with Crippen molar-refractivity contribution in [1.82, 2.24) is 0 Å². The summed E-state index contributed by atoms with van der Waals surface area (Å²) in [6.45, 7) is -0.0654. The monoisotopic (exact) mass is 334 g/mol. The van der Waals surface area contributed by atoms with E-state index < -0.39 is 0 Å². The molecule has 0 saturated heterocycles. The van der Waals surface area contributed by atoms with E-state index in [1.165, 1.54) is 6.42 Å². The molecule has 1 saturated carbocycles. The number of amides is 1. The summed E-state index contributed by atoms with van der Waals surface area (Å²) in [5.41, 5.74) is 1.36. The summed E-state index contributed by atoms with van der Waals surface area (Å²) in [7, 11) is 0. The minimum absolute atomic E-state index is 0.0640. The second-order valence-electron chi connectivity index (χ2n) is 6.29. The van der Waals surface area contributed by atoms with Crippen molar-refractivity contribution in [1.29, 1.82) is 5.26 Å². The molecule has 0 bridgehead atoms. The van der Waals surface area contributed by atoms with Crippen LogP contribution >= 0.6 is 0 Å². The fourth-order valence-corrected chi connectivity index (χ4v) is 3.38. The lowest BCUT2D eigenvalue weighted by molar-refractivity contribution is -0.121. The Balaban J connectivity index is 1.76. The minimum Gasteiger partial charge on any atom is -0.482 e. The minimum atomic E-state index is -0.0654. The van der Waals surface area contributed by atoms with Gasteiger partial charge in [-0.15, -0.1) is 0 Å². The molecule has 0 spiro atoms. The van der Waals surface area contributed by atoms with Crippen molar-refractivity contribution in [3.05, 3.63) is 60.2 Å². The molecule has 0 radical (unpaired) electrons. The first-order chi connectivity index (χ1) is 12.3. The van der Waals surface area contributed by atoms with Gasteiger partial charge in [-0.3, -0.25) is 4.79 Å². The van der Waals surface area contributed by atoms with E-state index in [1.54, 1.807) is 24.3 Å². The van der Waals surface area contributed by atoms with Crippen LogP contribution in [-0.4, -0.2) is 18.6 Å². The molecule has 0 aliphatic heterocycles.